The van der Waals surface area contributed by atoms with Crippen molar-refractivity contribution >= 4 is 17.1 Å². The molecule has 2 heteroatoms. The molecule has 2 nitrogen and oxygen atoms in total. The van der Waals surface area contributed by atoms with E-state index >= 15 is 0 Å². The molecule has 108 valence electrons. The van der Waals surface area contributed by atoms with Gasteiger partial charge in [-0.15, -0.1) is 0 Å². The molecule has 0 aliphatic rings. The minimum absolute atomic E-state index is 0.989. The molecule has 2 aromatic rings. The average molecular weight is 278 g/mol. The van der Waals surface area contributed by atoms with Crippen LogP contribution >= 0.6 is 0 Å². The number of rotatable bonds is 4. The van der Waals surface area contributed by atoms with E-state index in [-0.39, 0.29) is 0 Å². The van der Waals surface area contributed by atoms with Crippen LogP contribution in [0.2, 0.25) is 0 Å². The number of para-hydroxylation sites is 2. The smallest absolute Gasteiger partial charge is 0.0661 e. The highest BCUT2D eigenvalue weighted by Gasteiger charge is 1.98. The number of nitrogens with zero attached hydrogens (tertiary/aromatic N) is 1. The second-order valence-electron chi connectivity index (χ2n) is 5.31. The second-order valence-corrected chi connectivity index (χ2v) is 5.31. The normalized spacial score (nSPS) is 12.4. The molecule has 0 spiro atoms. The molecule has 0 fully saturated rings. The Labute approximate surface area is 127 Å². The van der Waals surface area contributed by atoms with Crippen molar-refractivity contribution in [3.8, 4) is 0 Å². The molecule has 1 N–H and O–H groups in total. The summed E-state index contributed by atoms with van der Waals surface area (Å²) in [7, 11) is 0. The minimum Gasteiger partial charge on any atom is -0.359 e. The number of nitrogens with one attached hydrogen (secondary N) is 1. The number of anilines is 1. The van der Waals surface area contributed by atoms with Gasteiger partial charge in [0.05, 0.1) is 5.69 Å². The summed E-state index contributed by atoms with van der Waals surface area (Å²) in [5.74, 6) is 0. The summed E-state index contributed by atoms with van der Waals surface area (Å²) in [6, 6.07) is 16.4. The van der Waals surface area contributed by atoms with Gasteiger partial charge in [-0.3, -0.25) is 4.99 Å². The van der Waals surface area contributed by atoms with Crippen LogP contribution < -0.4 is 5.32 Å². The molecule has 0 aliphatic heterocycles. The third-order valence-electron chi connectivity index (χ3n) is 3.31. The summed E-state index contributed by atoms with van der Waals surface area (Å²) < 4.78 is 0. The van der Waals surface area contributed by atoms with Gasteiger partial charge in [-0.05, 0) is 57.0 Å². The van der Waals surface area contributed by atoms with Crippen molar-refractivity contribution in [1.29, 1.82) is 0 Å². The fourth-order valence-electron chi connectivity index (χ4n) is 2.19. The Bertz CT molecular complexity index is 681. The molecule has 0 amide bonds. The molecule has 0 radical (unpaired) electrons. The topological polar surface area (TPSA) is 24.4 Å². The van der Waals surface area contributed by atoms with E-state index in [9.17, 15) is 0 Å². The van der Waals surface area contributed by atoms with Crippen LogP contribution in [0.5, 0.6) is 0 Å². The van der Waals surface area contributed by atoms with E-state index in [2.05, 4.69) is 55.4 Å². The van der Waals surface area contributed by atoms with Crippen molar-refractivity contribution in [3.63, 3.8) is 0 Å². The summed E-state index contributed by atoms with van der Waals surface area (Å²) in [4.78, 5) is 4.66. The molecular weight excluding hydrogens is 256 g/mol. The summed E-state index contributed by atoms with van der Waals surface area (Å²) >= 11 is 0. The molecule has 0 saturated heterocycles. The lowest BCUT2D eigenvalue weighted by Crippen LogP contribution is -2.00. The quantitative estimate of drug-likeness (QED) is 0.743. The molecule has 0 heterocycles. The van der Waals surface area contributed by atoms with Crippen LogP contribution in [0.4, 0.5) is 11.4 Å². The lowest BCUT2D eigenvalue weighted by Gasteiger charge is -2.09. The van der Waals surface area contributed by atoms with Crippen molar-refractivity contribution in [3.05, 3.63) is 71.4 Å². The van der Waals surface area contributed by atoms with Gasteiger partial charge in [0.2, 0.25) is 0 Å². The maximum Gasteiger partial charge on any atom is 0.0661 e. The molecule has 0 aromatic heterocycles. The molecule has 21 heavy (non-hydrogen) atoms. The molecule has 2 aromatic carbocycles. The highest BCUT2D eigenvalue weighted by atomic mass is 14.9. The first-order valence-corrected chi connectivity index (χ1v) is 7.18. The van der Waals surface area contributed by atoms with Gasteiger partial charge in [-0.2, -0.15) is 0 Å². The molecule has 0 aliphatic carbocycles. The van der Waals surface area contributed by atoms with Gasteiger partial charge in [-0.1, -0.05) is 36.4 Å². The fraction of sp³-hybridized carbons (Fsp3) is 0.211. The second kappa shape index (κ2) is 6.89. The van der Waals surface area contributed by atoms with Crippen LogP contribution in [-0.2, 0) is 0 Å². The van der Waals surface area contributed by atoms with Crippen molar-refractivity contribution in [2.75, 3.05) is 5.32 Å². The SMILES string of the molecule is C/C(=C/C(C)=N/c1ccccc1C)Nc1ccccc1C. The van der Waals surface area contributed by atoms with Gasteiger partial charge in [0.15, 0.2) is 0 Å². The Hall–Kier alpha value is -2.35. The third kappa shape index (κ3) is 4.32. The maximum atomic E-state index is 4.66. The monoisotopic (exact) mass is 278 g/mol. The van der Waals surface area contributed by atoms with E-state index in [0.29, 0.717) is 0 Å². The van der Waals surface area contributed by atoms with Crippen molar-refractivity contribution in [1.82, 2.24) is 0 Å². The Morgan fingerprint density at radius 2 is 1.52 bits per heavy atom. The number of benzene rings is 2. The first-order chi connectivity index (χ1) is 10.1. The van der Waals surface area contributed by atoms with Gasteiger partial charge >= 0.3 is 0 Å². The van der Waals surface area contributed by atoms with Crippen molar-refractivity contribution in [2.45, 2.75) is 27.7 Å². The Morgan fingerprint density at radius 3 is 2.19 bits per heavy atom. The number of allylic oxidation sites excluding steroid dienone is 2. The van der Waals surface area contributed by atoms with Gasteiger partial charge in [0.1, 0.15) is 0 Å². The standard InChI is InChI=1S/C19H22N2/c1-14-9-5-7-11-18(14)20-16(3)13-17(4)21-19-12-8-6-10-15(19)2/h5-13,20H,1-4H3/b16-13-,21-17+. The zero-order valence-corrected chi connectivity index (χ0v) is 13.1. The minimum atomic E-state index is 0.989. The van der Waals surface area contributed by atoms with E-state index in [1.807, 2.05) is 37.3 Å². The summed E-state index contributed by atoms with van der Waals surface area (Å²) in [6.45, 7) is 8.26. The Balaban J connectivity index is 2.15. The van der Waals surface area contributed by atoms with E-state index < -0.39 is 0 Å². The molecule has 0 atom stereocenters. The largest absolute Gasteiger partial charge is 0.359 e. The highest BCUT2D eigenvalue weighted by molar-refractivity contribution is 5.95. The van der Waals surface area contributed by atoms with Crippen LogP contribution in [0.3, 0.4) is 0 Å². The average Bonchev–Trinajstić information content (AvgIpc) is 2.44. The summed E-state index contributed by atoms with van der Waals surface area (Å²) in [6.07, 6.45) is 2.07. The van der Waals surface area contributed by atoms with Crippen LogP contribution in [0, 0.1) is 13.8 Å². The molecular formula is C19H22N2. The van der Waals surface area contributed by atoms with E-state index in [4.69, 9.17) is 0 Å². The highest BCUT2D eigenvalue weighted by Crippen LogP contribution is 2.18. The van der Waals surface area contributed by atoms with Gasteiger partial charge in [-0.25, -0.2) is 0 Å². The lowest BCUT2D eigenvalue weighted by molar-refractivity contribution is 1.33. The van der Waals surface area contributed by atoms with Crippen molar-refractivity contribution in [2.24, 2.45) is 4.99 Å². The molecule has 0 unspecified atom stereocenters. The van der Waals surface area contributed by atoms with Crippen LogP contribution in [0.25, 0.3) is 0 Å². The van der Waals surface area contributed by atoms with E-state index in [1.165, 1.54) is 11.1 Å². The predicted octanol–water partition coefficient (Wildman–Crippen LogP) is 5.41. The molecule has 2 rings (SSSR count). The lowest BCUT2D eigenvalue weighted by atomic mass is 10.2. The zero-order chi connectivity index (χ0) is 15.2. The van der Waals surface area contributed by atoms with Crippen LogP contribution in [-0.4, -0.2) is 5.71 Å². The summed E-state index contributed by atoms with van der Waals surface area (Å²) in [5.41, 5.74) is 6.65. The van der Waals surface area contributed by atoms with E-state index in [0.717, 1.165) is 22.8 Å². The summed E-state index contributed by atoms with van der Waals surface area (Å²) in [5, 5.41) is 3.42. The van der Waals surface area contributed by atoms with Crippen LogP contribution in [0.15, 0.2) is 65.3 Å². The fourth-order valence-corrected chi connectivity index (χ4v) is 2.19. The van der Waals surface area contributed by atoms with E-state index in [1.54, 1.807) is 0 Å². The number of hydrogen-bond acceptors (Lipinski definition) is 2. The predicted molar refractivity (Wildman–Crippen MR) is 92.5 cm³/mol. The Morgan fingerprint density at radius 1 is 0.905 bits per heavy atom. The van der Waals surface area contributed by atoms with Gasteiger partial charge in [0.25, 0.3) is 0 Å². The van der Waals surface area contributed by atoms with Crippen molar-refractivity contribution < 1.29 is 0 Å². The first kappa shape index (κ1) is 15.0. The Kier molecular flexibility index (Phi) is 4.94. The van der Waals surface area contributed by atoms with Gasteiger partial charge in [0, 0.05) is 17.1 Å². The molecule has 0 bridgehead atoms. The zero-order valence-electron chi connectivity index (χ0n) is 13.1. The third-order valence-corrected chi connectivity index (χ3v) is 3.31. The number of hydrogen-bond donors (Lipinski definition) is 1. The number of aliphatic imine (C=N–C) groups is 1. The number of aryl methyl sites for hydroxylation is 2. The van der Waals surface area contributed by atoms with Crippen LogP contribution in [0.1, 0.15) is 25.0 Å². The molecule has 0 saturated carbocycles. The van der Waals surface area contributed by atoms with Gasteiger partial charge < -0.3 is 5.32 Å². The maximum absolute atomic E-state index is 4.66. The first-order valence-electron chi connectivity index (χ1n) is 7.18.